The maximum absolute atomic E-state index is 13.4. The van der Waals surface area contributed by atoms with Gasteiger partial charge in [0.15, 0.2) is 11.5 Å². The molecule has 1 aliphatic carbocycles. The summed E-state index contributed by atoms with van der Waals surface area (Å²) in [7, 11) is 0. The van der Waals surface area contributed by atoms with Gasteiger partial charge >= 0.3 is 0 Å². The first kappa shape index (κ1) is 26.8. The minimum atomic E-state index is -0.470. The van der Waals surface area contributed by atoms with Crippen LogP contribution in [0, 0.1) is 6.92 Å². The van der Waals surface area contributed by atoms with Crippen LogP contribution in [0.2, 0.25) is 15.1 Å². The van der Waals surface area contributed by atoms with Crippen LogP contribution >= 0.6 is 34.8 Å². The average Bonchev–Trinajstić information content (AvgIpc) is 3.26. The number of halogens is 3. The third-order valence-corrected chi connectivity index (χ3v) is 6.94. The molecule has 1 aromatic heterocycles. The van der Waals surface area contributed by atoms with Crippen molar-refractivity contribution in [1.29, 1.82) is 0 Å². The van der Waals surface area contributed by atoms with Crippen LogP contribution < -0.4 is 15.5 Å². The van der Waals surface area contributed by atoms with Gasteiger partial charge in [-0.05, 0) is 68.3 Å². The number of para-hydroxylation sites is 1. The maximum atomic E-state index is 13.4. The van der Waals surface area contributed by atoms with Crippen LogP contribution in [0.3, 0.4) is 0 Å². The highest BCUT2D eigenvalue weighted by atomic mass is 35.5. The lowest BCUT2D eigenvalue weighted by atomic mass is 9.93. The molecule has 10 heteroatoms. The van der Waals surface area contributed by atoms with Crippen molar-refractivity contribution in [2.45, 2.75) is 26.2 Å². The number of benzene rings is 3. The number of aryl methyl sites for hydroxylation is 1. The number of hydrogen-bond acceptors (Lipinski definition) is 5. The molecule has 0 spiro atoms. The SMILES string of the molecule is Cc1c(C(=O)Nc2cc(Cl)ccc2Oc2ccccc2)oc2c1/C(=N/NC(=O)c1ccc(Cl)cc1Cl)CCC2. The Labute approximate surface area is 239 Å². The molecular formula is C29H22Cl3N3O4. The van der Waals surface area contributed by atoms with Crippen molar-refractivity contribution in [3.05, 3.63) is 110 Å². The monoisotopic (exact) mass is 581 g/mol. The van der Waals surface area contributed by atoms with E-state index in [1.807, 2.05) is 30.3 Å². The highest BCUT2D eigenvalue weighted by Crippen LogP contribution is 2.34. The number of carbonyl (C=O) groups excluding carboxylic acids is 2. The van der Waals surface area contributed by atoms with Gasteiger partial charge in [-0.1, -0.05) is 53.0 Å². The van der Waals surface area contributed by atoms with Crippen molar-refractivity contribution in [3.8, 4) is 11.5 Å². The normalized spacial score (nSPS) is 13.6. The number of hydrogen-bond donors (Lipinski definition) is 2. The van der Waals surface area contributed by atoms with Gasteiger partial charge in [-0.25, -0.2) is 5.43 Å². The fraction of sp³-hybridized carbons (Fsp3) is 0.138. The number of ether oxygens (including phenoxy) is 1. The number of rotatable bonds is 6. The van der Waals surface area contributed by atoms with Gasteiger partial charge in [0.25, 0.3) is 11.8 Å². The molecule has 0 saturated carbocycles. The number of hydrazone groups is 1. The van der Waals surface area contributed by atoms with Crippen LogP contribution in [0.15, 0.2) is 76.2 Å². The van der Waals surface area contributed by atoms with Gasteiger partial charge in [-0.2, -0.15) is 5.10 Å². The molecule has 2 N–H and O–H groups in total. The molecule has 0 fully saturated rings. The Morgan fingerprint density at radius 1 is 0.923 bits per heavy atom. The van der Waals surface area contributed by atoms with Crippen LogP contribution in [0.5, 0.6) is 11.5 Å². The van der Waals surface area contributed by atoms with E-state index in [1.165, 1.54) is 12.1 Å². The summed E-state index contributed by atoms with van der Waals surface area (Å²) in [6.45, 7) is 1.79. The third kappa shape index (κ3) is 5.96. The first-order valence-corrected chi connectivity index (χ1v) is 13.2. The van der Waals surface area contributed by atoms with E-state index < -0.39 is 11.8 Å². The van der Waals surface area contributed by atoms with Gasteiger partial charge in [-0.15, -0.1) is 0 Å². The minimum absolute atomic E-state index is 0.146. The predicted molar refractivity (Wildman–Crippen MR) is 153 cm³/mol. The predicted octanol–water partition coefficient (Wildman–Crippen LogP) is 8.06. The van der Waals surface area contributed by atoms with Gasteiger partial charge < -0.3 is 14.5 Å². The second-order valence-electron chi connectivity index (χ2n) is 8.84. The molecule has 4 aromatic rings. The lowest BCUT2D eigenvalue weighted by molar-refractivity contribution is 0.0953. The summed E-state index contributed by atoms with van der Waals surface area (Å²) in [5.41, 5.74) is 5.15. The topological polar surface area (TPSA) is 92.9 Å². The van der Waals surface area contributed by atoms with Crippen LogP contribution in [-0.2, 0) is 6.42 Å². The van der Waals surface area contributed by atoms with E-state index in [4.69, 9.17) is 44.0 Å². The highest BCUT2D eigenvalue weighted by Gasteiger charge is 2.28. The van der Waals surface area contributed by atoms with E-state index in [0.717, 1.165) is 6.42 Å². The number of furan rings is 1. The molecule has 198 valence electrons. The molecule has 5 rings (SSSR count). The Morgan fingerprint density at radius 3 is 2.44 bits per heavy atom. The number of anilines is 1. The third-order valence-electron chi connectivity index (χ3n) is 6.16. The Bertz CT molecular complexity index is 1600. The van der Waals surface area contributed by atoms with Gasteiger partial charge in [0.05, 0.1) is 22.0 Å². The first-order chi connectivity index (χ1) is 18.8. The lowest BCUT2D eigenvalue weighted by Crippen LogP contribution is -2.22. The van der Waals surface area contributed by atoms with Crippen molar-refractivity contribution in [3.63, 3.8) is 0 Å². The zero-order chi connectivity index (χ0) is 27.5. The number of carbonyl (C=O) groups is 2. The smallest absolute Gasteiger partial charge is 0.291 e. The average molecular weight is 583 g/mol. The Hall–Kier alpha value is -3.78. The molecule has 1 heterocycles. The second-order valence-corrected chi connectivity index (χ2v) is 10.1. The van der Waals surface area contributed by atoms with Crippen LogP contribution in [-0.4, -0.2) is 17.5 Å². The Balaban J connectivity index is 1.38. The molecule has 2 amide bonds. The molecule has 0 aliphatic heterocycles. The van der Waals surface area contributed by atoms with Gasteiger partial charge in [0, 0.05) is 27.6 Å². The van der Waals surface area contributed by atoms with Crippen molar-refractivity contribution in [2.24, 2.45) is 5.10 Å². The van der Waals surface area contributed by atoms with E-state index >= 15 is 0 Å². The molecule has 3 aromatic carbocycles. The standard InChI is InChI=1S/C29H22Cl3N3O4/c1-16-26-22(34-35-28(36)20-12-10-17(30)14-21(20)32)8-5-9-25(26)39-27(16)29(37)33-23-15-18(31)11-13-24(23)38-19-6-3-2-4-7-19/h2-4,6-7,10-15H,5,8-9H2,1H3,(H,33,37)(H,35,36)/b34-22+. The zero-order valence-corrected chi connectivity index (χ0v) is 23.0. The number of nitrogens with zero attached hydrogens (tertiary/aromatic N) is 1. The molecule has 0 radical (unpaired) electrons. The molecule has 0 saturated heterocycles. The largest absolute Gasteiger partial charge is 0.455 e. The highest BCUT2D eigenvalue weighted by molar-refractivity contribution is 6.36. The first-order valence-electron chi connectivity index (χ1n) is 12.1. The van der Waals surface area contributed by atoms with Crippen LogP contribution in [0.1, 0.15) is 50.6 Å². The summed E-state index contributed by atoms with van der Waals surface area (Å²) in [6.07, 6.45) is 1.99. The zero-order valence-electron chi connectivity index (χ0n) is 20.7. The second kappa shape index (κ2) is 11.5. The molecule has 0 atom stereocenters. The van der Waals surface area contributed by atoms with Crippen molar-refractivity contribution >= 4 is 58.0 Å². The molecule has 39 heavy (non-hydrogen) atoms. The number of nitrogens with one attached hydrogen (secondary N) is 2. The number of amides is 2. The Kier molecular flexibility index (Phi) is 7.93. The summed E-state index contributed by atoms with van der Waals surface area (Å²) < 4.78 is 12.0. The molecular weight excluding hydrogens is 561 g/mol. The van der Waals surface area contributed by atoms with E-state index in [0.29, 0.717) is 62.7 Å². The van der Waals surface area contributed by atoms with E-state index in [-0.39, 0.29) is 16.3 Å². The molecule has 7 nitrogen and oxygen atoms in total. The van der Waals surface area contributed by atoms with Crippen molar-refractivity contribution in [1.82, 2.24) is 5.43 Å². The van der Waals surface area contributed by atoms with Crippen molar-refractivity contribution < 1.29 is 18.7 Å². The molecule has 0 unspecified atom stereocenters. The fourth-order valence-electron chi connectivity index (χ4n) is 4.33. The van der Waals surface area contributed by atoms with Gasteiger partial charge in [0.1, 0.15) is 11.5 Å². The van der Waals surface area contributed by atoms with E-state index in [9.17, 15) is 9.59 Å². The molecule has 1 aliphatic rings. The maximum Gasteiger partial charge on any atom is 0.291 e. The van der Waals surface area contributed by atoms with Crippen LogP contribution in [0.25, 0.3) is 0 Å². The molecule has 0 bridgehead atoms. The summed E-state index contributed by atoms with van der Waals surface area (Å²) in [5, 5.41) is 8.29. The fourth-order valence-corrected chi connectivity index (χ4v) is 5.00. The number of fused-ring (bicyclic) bond motifs is 1. The summed E-state index contributed by atoms with van der Waals surface area (Å²) in [6, 6.07) is 18.8. The van der Waals surface area contributed by atoms with Crippen LogP contribution in [0.4, 0.5) is 5.69 Å². The van der Waals surface area contributed by atoms with E-state index in [2.05, 4.69) is 15.8 Å². The quantitative estimate of drug-likeness (QED) is 0.225. The van der Waals surface area contributed by atoms with Gasteiger partial charge in [-0.3, -0.25) is 9.59 Å². The summed E-state index contributed by atoms with van der Waals surface area (Å²) in [4.78, 5) is 26.0. The van der Waals surface area contributed by atoms with E-state index in [1.54, 1.807) is 31.2 Å². The minimum Gasteiger partial charge on any atom is -0.455 e. The summed E-state index contributed by atoms with van der Waals surface area (Å²) in [5.74, 6) is 0.891. The van der Waals surface area contributed by atoms with Gasteiger partial charge in [0.2, 0.25) is 0 Å². The Morgan fingerprint density at radius 2 is 1.67 bits per heavy atom. The lowest BCUT2D eigenvalue weighted by Gasteiger charge is -2.13. The van der Waals surface area contributed by atoms with Crippen molar-refractivity contribution in [2.75, 3.05) is 5.32 Å². The summed E-state index contributed by atoms with van der Waals surface area (Å²) >= 11 is 18.3.